The summed E-state index contributed by atoms with van der Waals surface area (Å²) >= 11 is 1.87. The molecule has 0 saturated carbocycles. The normalized spacial score (nSPS) is 12.5. The van der Waals surface area contributed by atoms with E-state index in [-0.39, 0.29) is 0 Å². The van der Waals surface area contributed by atoms with Crippen LogP contribution in [0.15, 0.2) is 18.3 Å². The van der Waals surface area contributed by atoms with E-state index in [4.69, 9.17) is 0 Å². The second-order valence-corrected chi connectivity index (χ2v) is 4.88. The van der Waals surface area contributed by atoms with Gasteiger partial charge in [0.2, 0.25) is 0 Å². The highest BCUT2D eigenvalue weighted by atomic mass is 32.2. The van der Waals surface area contributed by atoms with E-state index < -0.39 is 0 Å². The molecule has 1 unspecified atom stereocenters. The fourth-order valence-corrected chi connectivity index (χ4v) is 2.25. The zero-order valence-corrected chi connectivity index (χ0v) is 11.3. The lowest BCUT2D eigenvalue weighted by Gasteiger charge is -2.25. The van der Waals surface area contributed by atoms with Crippen molar-refractivity contribution in [3.05, 3.63) is 23.9 Å². The molecular formula is C12H21N3S. The van der Waals surface area contributed by atoms with E-state index in [1.807, 2.05) is 31.1 Å². The van der Waals surface area contributed by atoms with Crippen molar-refractivity contribution < 1.29 is 0 Å². The first kappa shape index (κ1) is 13.3. The van der Waals surface area contributed by atoms with Gasteiger partial charge in [-0.2, -0.15) is 11.8 Å². The molecule has 3 nitrogen and oxygen atoms in total. The summed E-state index contributed by atoms with van der Waals surface area (Å²) in [5.74, 6) is 2.17. The Hall–Kier alpha value is -0.740. The Bertz CT molecular complexity index is 317. The predicted molar refractivity (Wildman–Crippen MR) is 73.2 cm³/mol. The summed E-state index contributed by atoms with van der Waals surface area (Å²) in [4.78, 5) is 6.65. The van der Waals surface area contributed by atoms with Crippen molar-refractivity contribution in [1.29, 1.82) is 0 Å². The van der Waals surface area contributed by atoms with Crippen LogP contribution < -0.4 is 10.2 Å². The molecule has 4 heteroatoms. The largest absolute Gasteiger partial charge is 0.356 e. The molecule has 90 valence electrons. The van der Waals surface area contributed by atoms with Crippen molar-refractivity contribution in [2.75, 3.05) is 31.0 Å². The van der Waals surface area contributed by atoms with Crippen LogP contribution in [-0.4, -0.2) is 37.1 Å². The number of anilines is 1. The van der Waals surface area contributed by atoms with Crippen LogP contribution in [0.4, 0.5) is 5.82 Å². The lowest BCUT2D eigenvalue weighted by molar-refractivity contribution is 0.749. The molecule has 0 spiro atoms. The van der Waals surface area contributed by atoms with Gasteiger partial charge >= 0.3 is 0 Å². The highest BCUT2D eigenvalue weighted by molar-refractivity contribution is 7.98. The van der Waals surface area contributed by atoms with Gasteiger partial charge in [-0.25, -0.2) is 4.98 Å². The van der Waals surface area contributed by atoms with Crippen molar-refractivity contribution in [2.24, 2.45) is 0 Å². The van der Waals surface area contributed by atoms with E-state index in [1.165, 1.54) is 5.56 Å². The third-order valence-corrected chi connectivity index (χ3v) is 3.44. The SMILES string of the molecule is CNCc1ccnc(N(C)C(C)CSC)c1. The minimum Gasteiger partial charge on any atom is -0.356 e. The Kier molecular flexibility index (Phi) is 5.63. The van der Waals surface area contributed by atoms with E-state index in [2.05, 4.69) is 41.5 Å². The number of hydrogen-bond donors (Lipinski definition) is 1. The molecule has 1 aromatic heterocycles. The molecule has 1 aromatic rings. The van der Waals surface area contributed by atoms with Crippen LogP contribution in [0.2, 0.25) is 0 Å². The van der Waals surface area contributed by atoms with Crippen LogP contribution in [-0.2, 0) is 6.54 Å². The number of rotatable bonds is 6. The topological polar surface area (TPSA) is 28.2 Å². The average Bonchev–Trinajstić information content (AvgIpc) is 2.29. The fourth-order valence-electron chi connectivity index (χ4n) is 1.55. The second-order valence-electron chi connectivity index (χ2n) is 3.97. The van der Waals surface area contributed by atoms with Crippen LogP contribution in [0, 0.1) is 0 Å². The summed E-state index contributed by atoms with van der Waals surface area (Å²) < 4.78 is 0. The van der Waals surface area contributed by atoms with Crippen LogP contribution in [0.25, 0.3) is 0 Å². The standard InChI is InChI=1S/C12H21N3S/c1-10(9-16-4)15(3)12-7-11(8-13-2)5-6-14-12/h5-7,10,13H,8-9H2,1-4H3. The lowest BCUT2D eigenvalue weighted by Crippen LogP contribution is -2.31. The molecule has 1 atom stereocenters. The lowest BCUT2D eigenvalue weighted by atomic mass is 10.2. The Morgan fingerprint density at radius 2 is 2.31 bits per heavy atom. The monoisotopic (exact) mass is 239 g/mol. The molecule has 16 heavy (non-hydrogen) atoms. The molecule has 0 amide bonds. The third kappa shape index (κ3) is 3.68. The Morgan fingerprint density at radius 3 is 2.94 bits per heavy atom. The number of pyridine rings is 1. The first-order valence-electron chi connectivity index (χ1n) is 5.50. The number of nitrogens with one attached hydrogen (secondary N) is 1. The molecule has 0 aliphatic rings. The summed E-state index contributed by atoms with van der Waals surface area (Å²) in [6.07, 6.45) is 4.01. The molecule has 0 aromatic carbocycles. The summed E-state index contributed by atoms with van der Waals surface area (Å²) in [5.41, 5.74) is 1.27. The molecule has 0 aliphatic heterocycles. The number of thioether (sulfide) groups is 1. The van der Waals surface area contributed by atoms with Gasteiger partial charge in [0.05, 0.1) is 0 Å². The van der Waals surface area contributed by atoms with Gasteiger partial charge in [-0.15, -0.1) is 0 Å². The summed E-state index contributed by atoms with van der Waals surface area (Å²) in [6, 6.07) is 4.70. The maximum absolute atomic E-state index is 4.41. The van der Waals surface area contributed by atoms with Gasteiger partial charge in [0.1, 0.15) is 5.82 Å². The molecule has 0 saturated heterocycles. The van der Waals surface area contributed by atoms with Gasteiger partial charge in [0, 0.05) is 31.6 Å². The highest BCUT2D eigenvalue weighted by Gasteiger charge is 2.10. The number of nitrogens with zero attached hydrogens (tertiary/aromatic N) is 2. The Balaban J connectivity index is 2.74. The van der Waals surface area contributed by atoms with E-state index in [9.17, 15) is 0 Å². The molecular weight excluding hydrogens is 218 g/mol. The van der Waals surface area contributed by atoms with E-state index >= 15 is 0 Å². The minimum atomic E-state index is 0.507. The van der Waals surface area contributed by atoms with Crippen molar-refractivity contribution in [3.63, 3.8) is 0 Å². The van der Waals surface area contributed by atoms with Crippen LogP contribution in [0.3, 0.4) is 0 Å². The Labute approximate surface area is 103 Å². The third-order valence-electron chi connectivity index (χ3n) is 2.62. The maximum atomic E-state index is 4.41. The Morgan fingerprint density at radius 1 is 1.56 bits per heavy atom. The second kappa shape index (κ2) is 6.76. The van der Waals surface area contributed by atoms with E-state index in [0.717, 1.165) is 18.1 Å². The number of aromatic nitrogens is 1. The minimum absolute atomic E-state index is 0.507. The van der Waals surface area contributed by atoms with Crippen molar-refractivity contribution in [2.45, 2.75) is 19.5 Å². The van der Waals surface area contributed by atoms with Gasteiger partial charge in [-0.05, 0) is 37.9 Å². The first-order valence-corrected chi connectivity index (χ1v) is 6.89. The summed E-state index contributed by atoms with van der Waals surface area (Å²) in [5, 5.41) is 3.15. The van der Waals surface area contributed by atoms with Crippen molar-refractivity contribution in [1.82, 2.24) is 10.3 Å². The van der Waals surface area contributed by atoms with E-state index in [1.54, 1.807) is 0 Å². The molecule has 0 aliphatic carbocycles. The highest BCUT2D eigenvalue weighted by Crippen LogP contribution is 2.15. The quantitative estimate of drug-likeness (QED) is 0.822. The molecule has 0 fully saturated rings. The molecule has 1 heterocycles. The predicted octanol–water partition coefficient (Wildman–Crippen LogP) is 1.99. The molecule has 0 radical (unpaired) electrons. The van der Waals surface area contributed by atoms with Crippen molar-refractivity contribution >= 4 is 17.6 Å². The zero-order chi connectivity index (χ0) is 12.0. The van der Waals surface area contributed by atoms with Crippen LogP contribution in [0.1, 0.15) is 12.5 Å². The maximum Gasteiger partial charge on any atom is 0.128 e. The zero-order valence-electron chi connectivity index (χ0n) is 10.5. The van der Waals surface area contributed by atoms with E-state index in [0.29, 0.717) is 6.04 Å². The smallest absolute Gasteiger partial charge is 0.128 e. The van der Waals surface area contributed by atoms with Gasteiger partial charge in [0.25, 0.3) is 0 Å². The van der Waals surface area contributed by atoms with Gasteiger partial charge < -0.3 is 10.2 Å². The molecule has 0 bridgehead atoms. The van der Waals surface area contributed by atoms with Crippen LogP contribution in [0.5, 0.6) is 0 Å². The molecule has 1 N–H and O–H groups in total. The summed E-state index contributed by atoms with van der Waals surface area (Å²) in [6.45, 7) is 3.11. The molecule has 1 rings (SSSR count). The van der Waals surface area contributed by atoms with Crippen molar-refractivity contribution in [3.8, 4) is 0 Å². The van der Waals surface area contributed by atoms with Gasteiger partial charge in [-0.3, -0.25) is 0 Å². The van der Waals surface area contributed by atoms with Gasteiger partial charge in [0.15, 0.2) is 0 Å². The fraction of sp³-hybridized carbons (Fsp3) is 0.583. The first-order chi connectivity index (χ1) is 7.69. The number of hydrogen-bond acceptors (Lipinski definition) is 4. The summed E-state index contributed by atoms with van der Waals surface area (Å²) in [7, 11) is 4.06. The average molecular weight is 239 g/mol. The van der Waals surface area contributed by atoms with Gasteiger partial charge in [-0.1, -0.05) is 0 Å². The van der Waals surface area contributed by atoms with Crippen LogP contribution >= 0.6 is 11.8 Å².